The van der Waals surface area contributed by atoms with Crippen LogP contribution in [0.1, 0.15) is 41.1 Å². The van der Waals surface area contributed by atoms with Crippen molar-refractivity contribution in [1.82, 2.24) is 20.4 Å². The Kier molecular flexibility index (Phi) is 5.00. The Morgan fingerprint density at radius 1 is 1.38 bits per heavy atom. The highest BCUT2D eigenvalue weighted by molar-refractivity contribution is 7.98. The number of carbonyl (C=O) groups excluding carboxylic acids is 1. The quantitative estimate of drug-likeness (QED) is 0.832. The first kappa shape index (κ1) is 17.5. The third-order valence-electron chi connectivity index (χ3n) is 5.48. The molecule has 0 bridgehead atoms. The van der Waals surface area contributed by atoms with E-state index in [1.807, 2.05) is 30.0 Å². The fraction of sp³-hybridized carbons (Fsp3) is 0.526. The van der Waals surface area contributed by atoms with Crippen LogP contribution in [0.5, 0.6) is 0 Å². The monoisotopic (exact) mass is 372 g/mol. The molecule has 0 aliphatic carbocycles. The van der Waals surface area contributed by atoms with Crippen molar-refractivity contribution in [2.24, 2.45) is 5.41 Å². The van der Waals surface area contributed by atoms with Crippen LogP contribution in [0.25, 0.3) is 0 Å². The molecule has 0 aromatic carbocycles. The number of aryl methyl sites for hydroxylation is 1. The maximum atomic E-state index is 13.1. The van der Waals surface area contributed by atoms with E-state index in [1.54, 1.807) is 6.20 Å². The van der Waals surface area contributed by atoms with Gasteiger partial charge in [0.05, 0.1) is 11.3 Å². The summed E-state index contributed by atoms with van der Waals surface area (Å²) in [5.41, 5.74) is 1.97. The Morgan fingerprint density at radius 3 is 2.92 bits per heavy atom. The van der Waals surface area contributed by atoms with Crippen molar-refractivity contribution >= 4 is 17.7 Å². The molecule has 0 saturated carbocycles. The number of hydrogen-bond donors (Lipinski definition) is 1. The first-order chi connectivity index (χ1) is 12.7. The van der Waals surface area contributed by atoms with Crippen LogP contribution in [0.15, 0.2) is 33.9 Å². The van der Waals surface area contributed by atoms with Gasteiger partial charge in [-0.2, -0.15) is 0 Å². The SMILES string of the molecule is Cc1cc(CSc2ncccc2C(=O)N2CCC3(CCNC3)CC2)no1. The highest BCUT2D eigenvalue weighted by atomic mass is 32.2. The molecule has 0 unspecified atom stereocenters. The van der Waals surface area contributed by atoms with Crippen molar-refractivity contribution in [2.75, 3.05) is 26.2 Å². The predicted molar refractivity (Wildman–Crippen MR) is 100 cm³/mol. The summed E-state index contributed by atoms with van der Waals surface area (Å²) in [6.45, 7) is 5.75. The minimum Gasteiger partial charge on any atom is -0.361 e. The average Bonchev–Trinajstić information content (AvgIpc) is 3.29. The van der Waals surface area contributed by atoms with Gasteiger partial charge < -0.3 is 14.7 Å². The van der Waals surface area contributed by atoms with Gasteiger partial charge in [-0.25, -0.2) is 4.98 Å². The molecule has 0 atom stereocenters. The van der Waals surface area contributed by atoms with Gasteiger partial charge in [0.1, 0.15) is 10.8 Å². The third kappa shape index (κ3) is 3.64. The molecule has 2 aliphatic heterocycles. The van der Waals surface area contributed by atoms with Gasteiger partial charge >= 0.3 is 0 Å². The van der Waals surface area contributed by atoms with E-state index in [-0.39, 0.29) is 5.91 Å². The lowest BCUT2D eigenvalue weighted by Crippen LogP contribution is -2.44. The zero-order valence-corrected chi connectivity index (χ0v) is 15.8. The molecule has 4 heterocycles. The van der Waals surface area contributed by atoms with Gasteiger partial charge in [0.2, 0.25) is 0 Å². The number of piperidine rings is 1. The molecule has 2 saturated heterocycles. The number of likely N-dealkylation sites (tertiary alicyclic amines) is 1. The molecule has 4 rings (SSSR count). The molecular formula is C19H24N4O2S. The molecule has 2 aromatic rings. The molecular weight excluding hydrogens is 348 g/mol. The molecule has 1 N–H and O–H groups in total. The largest absolute Gasteiger partial charge is 0.361 e. The molecule has 1 spiro atoms. The Hall–Kier alpha value is -1.86. The second-order valence-electron chi connectivity index (χ2n) is 7.29. The number of hydrogen-bond acceptors (Lipinski definition) is 6. The number of nitrogens with zero attached hydrogens (tertiary/aromatic N) is 3. The summed E-state index contributed by atoms with van der Waals surface area (Å²) in [7, 11) is 0. The highest BCUT2D eigenvalue weighted by Crippen LogP contribution is 2.37. The van der Waals surface area contributed by atoms with Gasteiger partial charge in [0.25, 0.3) is 5.91 Å². The average molecular weight is 372 g/mol. The second-order valence-corrected chi connectivity index (χ2v) is 8.26. The molecule has 2 fully saturated rings. The van der Waals surface area contributed by atoms with E-state index < -0.39 is 0 Å². The van der Waals surface area contributed by atoms with Crippen LogP contribution in [0.4, 0.5) is 0 Å². The van der Waals surface area contributed by atoms with Gasteiger partial charge in [-0.05, 0) is 50.3 Å². The number of rotatable bonds is 4. The Labute approximate surface area is 157 Å². The van der Waals surface area contributed by atoms with E-state index in [0.29, 0.717) is 16.7 Å². The highest BCUT2D eigenvalue weighted by Gasteiger charge is 2.38. The van der Waals surface area contributed by atoms with Gasteiger partial charge in [-0.15, -0.1) is 0 Å². The van der Waals surface area contributed by atoms with Crippen molar-refractivity contribution in [3.63, 3.8) is 0 Å². The van der Waals surface area contributed by atoms with Gasteiger partial charge in [-0.1, -0.05) is 16.9 Å². The van der Waals surface area contributed by atoms with Crippen LogP contribution in [0.2, 0.25) is 0 Å². The molecule has 138 valence electrons. The van der Waals surface area contributed by atoms with Crippen molar-refractivity contribution < 1.29 is 9.32 Å². The Balaban J connectivity index is 1.43. The zero-order chi connectivity index (χ0) is 18.0. The van der Waals surface area contributed by atoms with Crippen molar-refractivity contribution in [3.05, 3.63) is 41.4 Å². The summed E-state index contributed by atoms with van der Waals surface area (Å²) in [5, 5.41) is 8.25. The van der Waals surface area contributed by atoms with Crippen LogP contribution in [-0.4, -0.2) is 47.1 Å². The fourth-order valence-electron chi connectivity index (χ4n) is 3.87. The van der Waals surface area contributed by atoms with Crippen LogP contribution in [0.3, 0.4) is 0 Å². The normalized spacial score (nSPS) is 19.2. The minimum absolute atomic E-state index is 0.0951. The summed E-state index contributed by atoms with van der Waals surface area (Å²) < 4.78 is 5.11. The molecule has 1 amide bonds. The van der Waals surface area contributed by atoms with Crippen LogP contribution in [0, 0.1) is 12.3 Å². The second kappa shape index (κ2) is 7.40. The van der Waals surface area contributed by atoms with Gasteiger partial charge in [-0.3, -0.25) is 4.79 Å². The van der Waals surface area contributed by atoms with E-state index >= 15 is 0 Å². The van der Waals surface area contributed by atoms with E-state index in [9.17, 15) is 4.79 Å². The molecule has 7 heteroatoms. The van der Waals surface area contributed by atoms with Crippen LogP contribution in [-0.2, 0) is 5.75 Å². The topological polar surface area (TPSA) is 71.3 Å². The first-order valence-electron chi connectivity index (χ1n) is 9.15. The van der Waals surface area contributed by atoms with E-state index in [0.717, 1.165) is 55.5 Å². The lowest BCUT2D eigenvalue weighted by atomic mass is 9.78. The molecule has 26 heavy (non-hydrogen) atoms. The Bertz CT molecular complexity index is 775. The van der Waals surface area contributed by atoms with Crippen molar-refractivity contribution in [1.29, 1.82) is 0 Å². The first-order valence-corrected chi connectivity index (χ1v) is 10.1. The summed E-state index contributed by atoms with van der Waals surface area (Å²) in [6.07, 6.45) is 5.15. The minimum atomic E-state index is 0.0951. The molecule has 0 radical (unpaired) electrons. The number of pyridine rings is 1. The summed E-state index contributed by atoms with van der Waals surface area (Å²) >= 11 is 1.53. The lowest BCUT2D eigenvalue weighted by molar-refractivity contribution is 0.0603. The maximum absolute atomic E-state index is 13.1. The van der Waals surface area contributed by atoms with Gasteiger partial charge in [0, 0.05) is 37.7 Å². The van der Waals surface area contributed by atoms with Crippen molar-refractivity contribution in [2.45, 2.75) is 37.0 Å². The summed E-state index contributed by atoms with van der Waals surface area (Å²) in [4.78, 5) is 19.5. The van der Waals surface area contributed by atoms with E-state index in [4.69, 9.17) is 4.52 Å². The van der Waals surface area contributed by atoms with Gasteiger partial charge in [0.15, 0.2) is 0 Å². The third-order valence-corrected chi connectivity index (χ3v) is 6.52. The lowest BCUT2D eigenvalue weighted by Gasteiger charge is -2.39. The maximum Gasteiger partial charge on any atom is 0.256 e. The number of thioether (sulfide) groups is 1. The smallest absolute Gasteiger partial charge is 0.256 e. The molecule has 2 aromatic heterocycles. The van der Waals surface area contributed by atoms with Crippen LogP contribution < -0.4 is 5.32 Å². The molecule has 6 nitrogen and oxygen atoms in total. The van der Waals surface area contributed by atoms with E-state index in [1.165, 1.54) is 18.2 Å². The van der Waals surface area contributed by atoms with Crippen LogP contribution >= 0.6 is 11.8 Å². The van der Waals surface area contributed by atoms with Crippen molar-refractivity contribution in [3.8, 4) is 0 Å². The zero-order valence-electron chi connectivity index (χ0n) is 15.0. The summed E-state index contributed by atoms with van der Waals surface area (Å²) in [6, 6.07) is 5.63. The number of carbonyl (C=O) groups is 1. The van der Waals surface area contributed by atoms with E-state index in [2.05, 4.69) is 15.5 Å². The Morgan fingerprint density at radius 2 is 2.23 bits per heavy atom. The molecule has 2 aliphatic rings. The standard InChI is InChI=1S/C19H24N4O2S/c1-14-11-15(22-25-14)12-26-17-16(3-2-7-21-17)18(24)23-9-5-19(6-10-23)4-8-20-13-19/h2-3,7,11,20H,4-6,8-10,12-13H2,1H3. The summed E-state index contributed by atoms with van der Waals surface area (Å²) in [5.74, 6) is 1.53. The number of nitrogens with one attached hydrogen (secondary N) is 1. The number of amides is 1. The fourth-order valence-corrected chi connectivity index (χ4v) is 4.74. The predicted octanol–water partition coefficient (Wildman–Crippen LogP) is 2.89. The number of aromatic nitrogens is 2.